The molecular formula is C10H21Cl. The summed E-state index contributed by atoms with van der Waals surface area (Å²) < 4.78 is 0. The number of alkyl halides is 1. The minimum absolute atomic E-state index is 0.412. The van der Waals surface area contributed by atoms with E-state index in [1.54, 1.807) is 0 Å². The first-order valence-electron chi connectivity index (χ1n) is 4.66. The fraction of sp³-hybridized carbons (Fsp3) is 1.00. The molecule has 0 saturated heterocycles. The number of hydrogen-bond donors (Lipinski definition) is 0. The third kappa shape index (κ3) is 3.46. The lowest BCUT2D eigenvalue weighted by Gasteiger charge is -2.31. The van der Waals surface area contributed by atoms with E-state index in [4.69, 9.17) is 11.6 Å². The van der Waals surface area contributed by atoms with Crippen molar-refractivity contribution in [3.8, 4) is 0 Å². The molecular weight excluding hydrogens is 156 g/mol. The van der Waals surface area contributed by atoms with Crippen LogP contribution >= 0.6 is 11.6 Å². The summed E-state index contributed by atoms with van der Waals surface area (Å²) >= 11 is 5.97. The smallest absolute Gasteiger partial charge is 0.0279 e. The Kier molecular flexibility index (Phi) is 5.16. The molecule has 0 aromatic rings. The molecule has 68 valence electrons. The largest absolute Gasteiger partial charge is 0.126 e. The summed E-state index contributed by atoms with van der Waals surface area (Å²) in [5.74, 6) is 1.59. The maximum absolute atomic E-state index is 5.97. The Bertz CT molecular complexity index is 84.8. The number of rotatable bonds is 5. The van der Waals surface area contributed by atoms with E-state index >= 15 is 0 Å². The highest BCUT2D eigenvalue weighted by atomic mass is 35.5. The van der Waals surface area contributed by atoms with Crippen LogP contribution in [0.5, 0.6) is 0 Å². The zero-order valence-corrected chi connectivity index (χ0v) is 9.04. The average Bonchev–Trinajstić information content (AvgIpc) is 2.00. The molecule has 0 nitrogen and oxygen atoms in total. The van der Waals surface area contributed by atoms with Gasteiger partial charge in [-0.15, -0.1) is 11.6 Å². The highest BCUT2D eigenvalue weighted by Crippen LogP contribution is 2.34. The summed E-state index contributed by atoms with van der Waals surface area (Å²) in [6.07, 6.45) is 3.69. The van der Waals surface area contributed by atoms with Gasteiger partial charge in [0, 0.05) is 5.88 Å². The fourth-order valence-corrected chi connectivity index (χ4v) is 2.14. The SMILES string of the molecule is CCC(CC)(CCl)CC(C)C. The molecule has 0 aromatic heterocycles. The number of hydrogen-bond acceptors (Lipinski definition) is 0. The highest BCUT2D eigenvalue weighted by Gasteiger charge is 2.25. The average molecular weight is 177 g/mol. The van der Waals surface area contributed by atoms with Crippen molar-refractivity contribution >= 4 is 11.6 Å². The maximum Gasteiger partial charge on any atom is 0.0279 e. The number of halogens is 1. The van der Waals surface area contributed by atoms with Crippen LogP contribution in [0.4, 0.5) is 0 Å². The quantitative estimate of drug-likeness (QED) is 0.554. The molecule has 0 aliphatic carbocycles. The van der Waals surface area contributed by atoms with Crippen molar-refractivity contribution in [3.05, 3.63) is 0 Å². The topological polar surface area (TPSA) is 0 Å². The summed E-state index contributed by atoms with van der Waals surface area (Å²) in [5.41, 5.74) is 0.412. The van der Waals surface area contributed by atoms with E-state index in [9.17, 15) is 0 Å². The van der Waals surface area contributed by atoms with Gasteiger partial charge in [-0.25, -0.2) is 0 Å². The van der Waals surface area contributed by atoms with Crippen LogP contribution in [0.2, 0.25) is 0 Å². The first-order chi connectivity index (χ1) is 5.10. The summed E-state index contributed by atoms with van der Waals surface area (Å²) in [7, 11) is 0. The lowest BCUT2D eigenvalue weighted by Crippen LogP contribution is -2.23. The van der Waals surface area contributed by atoms with Crippen molar-refractivity contribution in [3.63, 3.8) is 0 Å². The van der Waals surface area contributed by atoms with Gasteiger partial charge >= 0.3 is 0 Å². The van der Waals surface area contributed by atoms with Gasteiger partial charge in [0.05, 0.1) is 0 Å². The first kappa shape index (κ1) is 11.3. The molecule has 0 spiro atoms. The Balaban J connectivity index is 4.05. The van der Waals surface area contributed by atoms with Gasteiger partial charge < -0.3 is 0 Å². The predicted octanol–water partition coefficient (Wildman–Crippen LogP) is 4.08. The normalized spacial score (nSPS) is 12.5. The minimum Gasteiger partial charge on any atom is -0.126 e. The van der Waals surface area contributed by atoms with E-state index in [0.29, 0.717) is 5.41 Å². The second-order valence-corrected chi connectivity index (χ2v) is 4.21. The molecule has 0 rings (SSSR count). The summed E-state index contributed by atoms with van der Waals surface area (Å²) in [4.78, 5) is 0. The van der Waals surface area contributed by atoms with Gasteiger partial charge in [-0.05, 0) is 30.6 Å². The molecule has 0 unspecified atom stereocenters. The van der Waals surface area contributed by atoms with E-state index in [-0.39, 0.29) is 0 Å². The second kappa shape index (κ2) is 5.03. The molecule has 0 bridgehead atoms. The maximum atomic E-state index is 5.97. The molecule has 0 heterocycles. The molecule has 0 amide bonds. The van der Waals surface area contributed by atoms with Crippen LogP contribution in [0.1, 0.15) is 47.0 Å². The molecule has 0 N–H and O–H groups in total. The molecule has 0 aliphatic rings. The van der Waals surface area contributed by atoms with Crippen LogP contribution in [0.15, 0.2) is 0 Å². The Hall–Kier alpha value is 0.290. The summed E-state index contributed by atoms with van der Waals surface area (Å²) in [6, 6.07) is 0. The van der Waals surface area contributed by atoms with Crippen LogP contribution in [-0.2, 0) is 0 Å². The van der Waals surface area contributed by atoms with E-state index < -0.39 is 0 Å². The van der Waals surface area contributed by atoms with E-state index in [0.717, 1.165) is 11.8 Å². The fourth-order valence-electron chi connectivity index (χ4n) is 1.65. The Morgan fingerprint density at radius 1 is 1.18 bits per heavy atom. The zero-order chi connectivity index (χ0) is 8.91. The van der Waals surface area contributed by atoms with Crippen LogP contribution in [0, 0.1) is 11.3 Å². The molecule has 11 heavy (non-hydrogen) atoms. The van der Waals surface area contributed by atoms with Crippen LogP contribution in [0.3, 0.4) is 0 Å². The van der Waals surface area contributed by atoms with Crippen molar-refractivity contribution in [2.45, 2.75) is 47.0 Å². The van der Waals surface area contributed by atoms with Gasteiger partial charge in [0.1, 0.15) is 0 Å². The minimum atomic E-state index is 0.412. The summed E-state index contributed by atoms with van der Waals surface area (Å²) in [5, 5.41) is 0. The van der Waals surface area contributed by atoms with E-state index in [1.807, 2.05) is 0 Å². The van der Waals surface area contributed by atoms with Crippen molar-refractivity contribution in [1.82, 2.24) is 0 Å². The molecule has 0 radical (unpaired) electrons. The molecule has 0 aliphatic heterocycles. The van der Waals surface area contributed by atoms with Gasteiger partial charge in [0.15, 0.2) is 0 Å². The molecule has 0 aromatic carbocycles. The predicted molar refractivity (Wildman–Crippen MR) is 53.2 cm³/mol. The van der Waals surface area contributed by atoms with Crippen molar-refractivity contribution in [2.24, 2.45) is 11.3 Å². The van der Waals surface area contributed by atoms with Gasteiger partial charge in [-0.2, -0.15) is 0 Å². The molecule has 0 atom stereocenters. The Morgan fingerprint density at radius 2 is 1.64 bits per heavy atom. The van der Waals surface area contributed by atoms with Gasteiger partial charge in [-0.3, -0.25) is 0 Å². The van der Waals surface area contributed by atoms with Gasteiger partial charge in [0.25, 0.3) is 0 Å². The van der Waals surface area contributed by atoms with Crippen LogP contribution in [0.25, 0.3) is 0 Å². The van der Waals surface area contributed by atoms with Crippen molar-refractivity contribution in [1.29, 1.82) is 0 Å². The third-order valence-electron chi connectivity index (χ3n) is 2.62. The third-order valence-corrected chi connectivity index (χ3v) is 3.19. The zero-order valence-electron chi connectivity index (χ0n) is 8.28. The Labute approximate surface area is 76.3 Å². The standard InChI is InChI=1S/C10H21Cl/c1-5-10(6-2,8-11)7-9(3)4/h9H,5-8H2,1-4H3. The monoisotopic (exact) mass is 176 g/mol. The van der Waals surface area contributed by atoms with Crippen molar-refractivity contribution in [2.75, 3.05) is 5.88 Å². The van der Waals surface area contributed by atoms with E-state index in [1.165, 1.54) is 19.3 Å². The molecule has 0 saturated carbocycles. The van der Waals surface area contributed by atoms with E-state index in [2.05, 4.69) is 27.7 Å². The lowest BCUT2D eigenvalue weighted by molar-refractivity contribution is 0.241. The second-order valence-electron chi connectivity index (χ2n) is 3.94. The van der Waals surface area contributed by atoms with Crippen molar-refractivity contribution < 1.29 is 0 Å². The lowest BCUT2D eigenvalue weighted by atomic mass is 9.77. The van der Waals surface area contributed by atoms with Crippen LogP contribution < -0.4 is 0 Å². The summed E-state index contributed by atoms with van der Waals surface area (Å²) in [6.45, 7) is 9.03. The first-order valence-corrected chi connectivity index (χ1v) is 5.19. The van der Waals surface area contributed by atoms with Gasteiger partial charge in [-0.1, -0.05) is 27.7 Å². The molecule has 0 fully saturated rings. The Morgan fingerprint density at radius 3 is 1.73 bits per heavy atom. The van der Waals surface area contributed by atoms with Gasteiger partial charge in [0.2, 0.25) is 0 Å². The highest BCUT2D eigenvalue weighted by molar-refractivity contribution is 6.18. The van der Waals surface area contributed by atoms with Crippen LogP contribution in [-0.4, -0.2) is 5.88 Å². The molecule has 1 heteroatoms.